The van der Waals surface area contributed by atoms with Gasteiger partial charge in [0, 0.05) is 15.9 Å². The highest BCUT2D eigenvalue weighted by Gasteiger charge is 2.23. The number of benzene rings is 3. The molecule has 26 heavy (non-hydrogen) atoms. The van der Waals surface area contributed by atoms with Crippen LogP contribution in [0.4, 0.5) is 0 Å². The number of hydrogen-bond donors (Lipinski definition) is 0. The maximum absolute atomic E-state index is 6.57. The van der Waals surface area contributed by atoms with E-state index in [1.807, 2.05) is 36.4 Å². The van der Waals surface area contributed by atoms with Crippen LogP contribution in [-0.4, -0.2) is 13.8 Å². The SMILES string of the molecule is Clc1ccccc1[Si](c1ccccc1)c1cccc(-c2ccccc2)n1. The van der Waals surface area contributed by atoms with Crippen LogP contribution >= 0.6 is 11.6 Å². The molecule has 0 aliphatic rings. The van der Waals surface area contributed by atoms with Crippen LogP contribution in [0, 0.1) is 0 Å². The van der Waals surface area contributed by atoms with E-state index in [2.05, 4.69) is 66.7 Å². The minimum absolute atomic E-state index is 0.803. The zero-order valence-electron chi connectivity index (χ0n) is 14.1. The third-order valence-electron chi connectivity index (χ3n) is 4.28. The molecule has 1 aromatic heterocycles. The van der Waals surface area contributed by atoms with Gasteiger partial charge in [-0.3, -0.25) is 4.98 Å². The number of nitrogens with zero attached hydrogens (tertiary/aromatic N) is 1. The number of pyridine rings is 1. The summed E-state index contributed by atoms with van der Waals surface area (Å²) in [5, 5.41) is 4.35. The van der Waals surface area contributed by atoms with Gasteiger partial charge in [0.15, 0.2) is 8.80 Å². The monoisotopic (exact) mass is 370 g/mol. The average molecular weight is 371 g/mol. The van der Waals surface area contributed by atoms with Crippen LogP contribution in [0.1, 0.15) is 0 Å². The summed E-state index contributed by atoms with van der Waals surface area (Å²) >= 11 is 6.57. The van der Waals surface area contributed by atoms with E-state index in [1.54, 1.807) is 0 Å². The van der Waals surface area contributed by atoms with E-state index in [4.69, 9.17) is 16.6 Å². The van der Waals surface area contributed by atoms with E-state index in [9.17, 15) is 0 Å². The summed E-state index contributed by atoms with van der Waals surface area (Å²) in [7, 11) is -1.28. The molecule has 1 radical (unpaired) electrons. The van der Waals surface area contributed by atoms with Crippen molar-refractivity contribution < 1.29 is 0 Å². The molecule has 0 fully saturated rings. The van der Waals surface area contributed by atoms with Gasteiger partial charge >= 0.3 is 0 Å². The third-order valence-corrected chi connectivity index (χ3v) is 7.44. The van der Waals surface area contributed by atoms with E-state index in [0.717, 1.165) is 21.6 Å². The first-order valence-corrected chi connectivity index (χ1v) is 10.4. The Morgan fingerprint density at radius 2 is 1.27 bits per heavy atom. The maximum Gasteiger partial charge on any atom is 0.181 e. The van der Waals surface area contributed by atoms with Crippen LogP contribution in [0.2, 0.25) is 5.02 Å². The van der Waals surface area contributed by atoms with Crippen molar-refractivity contribution in [2.45, 2.75) is 0 Å². The quantitative estimate of drug-likeness (QED) is 0.496. The van der Waals surface area contributed by atoms with Gasteiger partial charge in [-0.2, -0.15) is 0 Å². The summed E-state index contributed by atoms with van der Waals surface area (Å²) in [5.41, 5.74) is 2.12. The predicted molar refractivity (Wildman–Crippen MR) is 112 cm³/mol. The van der Waals surface area contributed by atoms with Gasteiger partial charge in [0.1, 0.15) is 0 Å². The first-order chi connectivity index (χ1) is 12.8. The second kappa shape index (κ2) is 7.69. The Hall–Kier alpha value is -2.68. The molecule has 0 N–H and O–H groups in total. The van der Waals surface area contributed by atoms with E-state index in [-0.39, 0.29) is 0 Å². The summed E-state index contributed by atoms with van der Waals surface area (Å²) in [6.45, 7) is 0. The van der Waals surface area contributed by atoms with Crippen molar-refractivity contribution in [3.63, 3.8) is 0 Å². The lowest BCUT2D eigenvalue weighted by Crippen LogP contribution is -2.53. The second-order valence-corrected chi connectivity index (χ2v) is 8.78. The standard InChI is InChI=1S/C23H17ClNSi/c24-20-14-7-8-16-22(20)26(19-12-5-2-6-13-19)23-17-9-15-21(25-23)18-10-3-1-4-11-18/h1-17H. The number of halogens is 1. The van der Waals surface area contributed by atoms with Gasteiger partial charge in [0.25, 0.3) is 0 Å². The van der Waals surface area contributed by atoms with Crippen molar-refractivity contribution in [3.05, 3.63) is 108 Å². The Morgan fingerprint density at radius 1 is 0.615 bits per heavy atom. The lowest BCUT2D eigenvalue weighted by Gasteiger charge is -2.17. The van der Waals surface area contributed by atoms with Gasteiger partial charge in [-0.25, -0.2) is 0 Å². The summed E-state index contributed by atoms with van der Waals surface area (Å²) in [6.07, 6.45) is 0. The summed E-state index contributed by atoms with van der Waals surface area (Å²) < 4.78 is 0. The number of aromatic nitrogens is 1. The third kappa shape index (κ3) is 3.48. The smallest absolute Gasteiger partial charge is 0.181 e. The highest BCUT2D eigenvalue weighted by Crippen LogP contribution is 2.15. The summed E-state index contributed by atoms with van der Waals surface area (Å²) in [6, 6.07) is 35.3. The molecule has 4 rings (SSSR count). The van der Waals surface area contributed by atoms with Crippen LogP contribution in [0.5, 0.6) is 0 Å². The van der Waals surface area contributed by atoms with Gasteiger partial charge in [-0.05, 0) is 28.6 Å². The van der Waals surface area contributed by atoms with Crippen molar-refractivity contribution in [2.24, 2.45) is 0 Å². The first kappa shape index (κ1) is 16.8. The van der Waals surface area contributed by atoms with Crippen LogP contribution in [0.15, 0.2) is 103 Å². The Kier molecular flexibility index (Phi) is 4.96. The molecule has 0 aliphatic heterocycles. The fourth-order valence-electron chi connectivity index (χ4n) is 3.05. The minimum Gasteiger partial charge on any atom is -0.257 e. The van der Waals surface area contributed by atoms with E-state index < -0.39 is 8.80 Å². The first-order valence-electron chi connectivity index (χ1n) is 8.53. The Balaban J connectivity index is 1.87. The van der Waals surface area contributed by atoms with Crippen molar-refractivity contribution >= 4 is 36.1 Å². The van der Waals surface area contributed by atoms with Crippen LogP contribution in [-0.2, 0) is 0 Å². The van der Waals surface area contributed by atoms with Gasteiger partial charge in [0.2, 0.25) is 0 Å². The highest BCUT2D eigenvalue weighted by molar-refractivity contribution is 6.96. The molecule has 3 aromatic carbocycles. The molecule has 0 saturated heterocycles. The maximum atomic E-state index is 6.57. The molecule has 0 aliphatic carbocycles. The zero-order chi connectivity index (χ0) is 17.8. The van der Waals surface area contributed by atoms with Crippen molar-refractivity contribution in [2.75, 3.05) is 0 Å². The van der Waals surface area contributed by atoms with Gasteiger partial charge in [-0.1, -0.05) is 96.5 Å². The second-order valence-electron chi connectivity index (χ2n) is 5.99. The van der Waals surface area contributed by atoms with E-state index in [0.29, 0.717) is 0 Å². The Morgan fingerprint density at radius 3 is 2.00 bits per heavy atom. The van der Waals surface area contributed by atoms with Crippen LogP contribution in [0.3, 0.4) is 0 Å². The molecular formula is C23H17ClNSi. The molecule has 1 heterocycles. The number of hydrogen-bond acceptors (Lipinski definition) is 1. The molecular weight excluding hydrogens is 354 g/mol. The predicted octanol–water partition coefficient (Wildman–Crippen LogP) is 3.92. The normalized spacial score (nSPS) is 10.8. The fraction of sp³-hybridized carbons (Fsp3) is 0. The zero-order valence-corrected chi connectivity index (χ0v) is 15.9. The molecule has 4 aromatic rings. The topological polar surface area (TPSA) is 12.9 Å². The molecule has 0 atom stereocenters. The van der Waals surface area contributed by atoms with Crippen LogP contribution < -0.4 is 15.7 Å². The minimum atomic E-state index is -1.28. The molecule has 0 unspecified atom stereocenters. The van der Waals surface area contributed by atoms with E-state index >= 15 is 0 Å². The molecule has 125 valence electrons. The molecule has 0 saturated carbocycles. The fourth-order valence-corrected chi connectivity index (χ4v) is 5.96. The summed E-state index contributed by atoms with van der Waals surface area (Å²) in [4.78, 5) is 5.02. The van der Waals surface area contributed by atoms with Crippen molar-refractivity contribution in [1.82, 2.24) is 4.98 Å². The lowest BCUT2D eigenvalue weighted by atomic mass is 10.1. The van der Waals surface area contributed by atoms with Crippen LogP contribution in [0.25, 0.3) is 11.3 Å². The molecule has 0 spiro atoms. The van der Waals surface area contributed by atoms with Gasteiger partial charge in [-0.15, -0.1) is 0 Å². The van der Waals surface area contributed by atoms with Gasteiger partial charge in [0.05, 0.1) is 5.69 Å². The van der Waals surface area contributed by atoms with Gasteiger partial charge < -0.3 is 0 Å². The highest BCUT2D eigenvalue weighted by atomic mass is 35.5. The Labute approximate surface area is 160 Å². The Bertz CT molecular complexity index is 1000. The van der Waals surface area contributed by atoms with E-state index in [1.165, 1.54) is 10.4 Å². The summed E-state index contributed by atoms with van der Waals surface area (Å²) in [5.74, 6) is 0. The van der Waals surface area contributed by atoms with Crippen molar-refractivity contribution in [3.8, 4) is 11.3 Å². The lowest BCUT2D eigenvalue weighted by molar-refractivity contribution is 1.37. The molecule has 1 nitrogen and oxygen atoms in total. The average Bonchev–Trinajstić information content (AvgIpc) is 2.71. The molecule has 0 amide bonds. The number of rotatable bonds is 4. The van der Waals surface area contributed by atoms with Crippen molar-refractivity contribution in [1.29, 1.82) is 0 Å². The molecule has 0 bridgehead atoms. The molecule has 3 heteroatoms. The largest absolute Gasteiger partial charge is 0.257 e.